The summed E-state index contributed by atoms with van der Waals surface area (Å²) in [6, 6.07) is 11.1. The van der Waals surface area contributed by atoms with Crippen molar-refractivity contribution < 1.29 is 4.79 Å². The van der Waals surface area contributed by atoms with Gasteiger partial charge in [-0.15, -0.1) is 10.2 Å². The summed E-state index contributed by atoms with van der Waals surface area (Å²) >= 11 is 6.20. The summed E-state index contributed by atoms with van der Waals surface area (Å²) in [5.74, 6) is 1.46. The maximum atomic E-state index is 12.5. The summed E-state index contributed by atoms with van der Waals surface area (Å²) in [7, 11) is 0. The predicted molar refractivity (Wildman–Crippen MR) is 108 cm³/mol. The molecule has 0 atom stereocenters. The third kappa shape index (κ3) is 3.91. The second-order valence-electron chi connectivity index (χ2n) is 6.59. The number of carbonyl (C=O) groups is 1. The van der Waals surface area contributed by atoms with Gasteiger partial charge < -0.3 is 15.1 Å². The van der Waals surface area contributed by atoms with Crippen molar-refractivity contribution in [1.82, 2.24) is 24.9 Å². The Bertz CT molecular complexity index is 951. The van der Waals surface area contributed by atoms with Crippen molar-refractivity contribution in [3.05, 3.63) is 59.4 Å². The molecule has 9 heteroatoms. The summed E-state index contributed by atoms with van der Waals surface area (Å²) in [5, 5.41) is 16.1. The van der Waals surface area contributed by atoms with Crippen molar-refractivity contribution in [3.8, 4) is 5.82 Å². The Hall–Kier alpha value is -3.13. The van der Waals surface area contributed by atoms with Crippen molar-refractivity contribution in [3.63, 3.8) is 0 Å². The number of anilines is 2. The third-order valence-corrected chi connectivity index (χ3v) is 4.95. The first-order valence-corrected chi connectivity index (χ1v) is 9.39. The van der Waals surface area contributed by atoms with E-state index in [0.29, 0.717) is 42.7 Å². The molecule has 1 aliphatic heterocycles. The van der Waals surface area contributed by atoms with E-state index in [1.54, 1.807) is 15.8 Å². The highest BCUT2D eigenvalue weighted by Crippen LogP contribution is 2.23. The summed E-state index contributed by atoms with van der Waals surface area (Å²) in [5.41, 5.74) is 1.68. The average Bonchev–Trinajstić information content (AvgIpc) is 3.25. The van der Waals surface area contributed by atoms with E-state index in [1.165, 1.54) is 0 Å². The van der Waals surface area contributed by atoms with Gasteiger partial charge in [0.1, 0.15) is 0 Å². The number of amides is 2. The lowest BCUT2D eigenvalue weighted by Gasteiger charge is -2.35. The predicted octanol–water partition coefficient (Wildman–Crippen LogP) is 2.98. The fourth-order valence-corrected chi connectivity index (χ4v) is 3.35. The number of hydrogen-bond acceptors (Lipinski definition) is 5. The van der Waals surface area contributed by atoms with Crippen LogP contribution in [0.15, 0.2) is 48.8 Å². The maximum absolute atomic E-state index is 12.5. The van der Waals surface area contributed by atoms with Crippen LogP contribution in [0.25, 0.3) is 5.82 Å². The monoisotopic (exact) mass is 397 g/mol. The molecular formula is C19H20ClN7O. The van der Waals surface area contributed by atoms with Crippen LogP contribution in [0.3, 0.4) is 0 Å². The molecule has 1 aliphatic rings. The number of aryl methyl sites for hydroxylation is 1. The molecule has 28 heavy (non-hydrogen) atoms. The standard InChI is InChI=1S/C19H20ClN7O/c1-14-3-4-16(15(20)13-14)22-19(28)26-11-9-25(10-12-26)17-5-6-18(24-23-17)27-8-2-7-21-27/h2-8,13H,9-12H2,1H3,(H,22,28). The summed E-state index contributed by atoms with van der Waals surface area (Å²) in [6.45, 7) is 4.52. The normalized spacial score (nSPS) is 14.2. The van der Waals surface area contributed by atoms with Gasteiger partial charge in [-0.05, 0) is 42.8 Å². The maximum Gasteiger partial charge on any atom is 0.322 e. The molecule has 1 aromatic carbocycles. The van der Waals surface area contributed by atoms with Crippen molar-refractivity contribution in [2.24, 2.45) is 0 Å². The Kier molecular flexibility index (Phi) is 5.12. The van der Waals surface area contributed by atoms with Gasteiger partial charge in [0.25, 0.3) is 0 Å². The number of halogens is 1. The zero-order chi connectivity index (χ0) is 19.5. The largest absolute Gasteiger partial charge is 0.352 e. The summed E-state index contributed by atoms with van der Waals surface area (Å²) in [6.07, 6.45) is 3.52. The van der Waals surface area contributed by atoms with E-state index in [2.05, 4.69) is 25.5 Å². The minimum atomic E-state index is -0.148. The molecule has 144 valence electrons. The van der Waals surface area contributed by atoms with Gasteiger partial charge in [-0.25, -0.2) is 9.48 Å². The van der Waals surface area contributed by atoms with E-state index >= 15 is 0 Å². The number of piperazine rings is 1. The van der Waals surface area contributed by atoms with Gasteiger partial charge in [0.2, 0.25) is 0 Å². The highest BCUT2D eigenvalue weighted by Gasteiger charge is 2.22. The average molecular weight is 398 g/mol. The van der Waals surface area contributed by atoms with Crippen molar-refractivity contribution in [1.29, 1.82) is 0 Å². The molecule has 3 heterocycles. The van der Waals surface area contributed by atoms with Crippen LogP contribution >= 0.6 is 11.6 Å². The van der Waals surface area contributed by atoms with Gasteiger partial charge in [0.15, 0.2) is 11.6 Å². The molecule has 1 N–H and O–H groups in total. The van der Waals surface area contributed by atoms with Crippen LogP contribution in [-0.4, -0.2) is 57.1 Å². The SMILES string of the molecule is Cc1ccc(NC(=O)N2CCN(c3ccc(-n4cccn4)nn3)CC2)c(Cl)c1. The molecule has 1 saturated heterocycles. The molecule has 4 rings (SSSR count). The van der Waals surface area contributed by atoms with Gasteiger partial charge in [-0.1, -0.05) is 17.7 Å². The number of aromatic nitrogens is 4. The number of urea groups is 1. The zero-order valence-electron chi connectivity index (χ0n) is 15.4. The summed E-state index contributed by atoms with van der Waals surface area (Å²) in [4.78, 5) is 16.4. The van der Waals surface area contributed by atoms with Crippen molar-refractivity contribution in [2.45, 2.75) is 6.92 Å². The molecular weight excluding hydrogens is 378 g/mol. The van der Waals surface area contributed by atoms with E-state index in [-0.39, 0.29) is 6.03 Å². The zero-order valence-corrected chi connectivity index (χ0v) is 16.2. The minimum absolute atomic E-state index is 0.148. The summed E-state index contributed by atoms with van der Waals surface area (Å²) < 4.78 is 1.66. The number of carbonyl (C=O) groups excluding carboxylic acids is 1. The van der Waals surface area contributed by atoms with Crippen LogP contribution < -0.4 is 10.2 Å². The second kappa shape index (κ2) is 7.85. The van der Waals surface area contributed by atoms with E-state index < -0.39 is 0 Å². The van der Waals surface area contributed by atoms with Crippen molar-refractivity contribution in [2.75, 3.05) is 36.4 Å². The topological polar surface area (TPSA) is 79.2 Å². The fraction of sp³-hybridized carbons (Fsp3) is 0.263. The van der Waals surface area contributed by atoms with Gasteiger partial charge in [0.05, 0.1) is 10.7 Å². The second-order valence-corrected chi connectivity index (χ2v) is 7.00. The minimum Gasteiger partial charge on any atom is -0.352 e. The van der Waals surface area contributed by atoms with E-state index in [0.717, 1.165) is 11.4 Å². The first kappa shape index (κ1) is 18.2. The molecule has 0 radical (unpaired) electrons. The lowest BCUT2D eigenvalue weighted by atomic mass is 10.2. The number of benzene rings is 1. The Morgan fingerprint density at radius 3 is 2.46 bits per heavy atom. The van der Waals surface area contributed by atoms with Gasteiger partial charge in [-0.2, -0.15) is 5.10 Å². The molecule has 0 bridgehead atoms. The van der Waals surface area contributed by atoms with Crippen LogP contribution in [0.1, 0.15) is 5.56 Å². The molecule has 3 aromatic rings. The van der Waals surface area contributed by atoms with Gasteiger partial charge in [0, 0.05) is 38.6 Å². The molecule has 0 saturated carbocycles. The van der Waals surface area contributed by atoms with E-state index in [1.807, 2.05) is 49.5 Å². The highest BCUT2D eigenvalue weighted by atomic mass is 35.5. The quantitative estimate of drug-likeness (QED) is 0.735. The molecule has 2 amide bonds. The third-order valence-electron chi connectivity index (χ3n) is 4.63. The Morgan fingerprint density at radius 2 is 1.82 bits per heavy atom. The van der Waals surface area contributed by atoms with Crippen LogP contribution in [0, 0.1) is 6.92 Å². The van der Waals surface area contributed by atoms with E-state index in [4.69, 9.17) is 11.6 Å². The first-order chi connectivity index (χ1) is 13.6. The van der Waals surface area contributed by atoms with Crippen LogP contribution in [-0.2, 0) is 0 Å². The Balaban J connectivity index is 1.34. The molecule has 8 nitrogen and oxygen atoms in total. The van der Waals surface area contributed by atoms with Gasteiger partial charge in [-0.3, -0.25) is 0 Å². The van der Waals surface area contributed by atoms with Gasteiger partial charge >= 0.3 is 6.03 Å². The smallest absolute Gasteiger partial charge is 0.322 e. The first-order valence-electron chi connectivity index (χ1n) is 9.01. The lowest BCUT2D eigenvalue weighted by Crippen LogP contribution is -2.50. The molecule has 0 aliphatic carbocycles. The number of nitrogens with one attached hydrogen (secondary N) is 1. The molecule has 2 aromatic heterocycles. The van der Waals surface area contributed by atoms with Crippen LogP contribution in [0.4, 0.5) is 16.3 Å². The van der Waals surface area contributed by atoms with E-state index in [9.17, 15) is 4.79 Å². The molecule has 1 fully saturated rings. The van der Waals surface area contributed by atoms with Crippen molar-refractivity contribution >= 4 is 29.1 Å². The fourth-order valence-electron chi connectivity index (χ4n) is 3.07. The lowest BCUT2D eigenvalue weighted by molar-refractivity contribution is 0.208. The molecule has 0 spiro atoms. The number of rotatable bonds is 3. The number of hydrogen-bond donors (Lipinski definition) is 1. The molecule has 0 unspecified atom stereocenters. The van der Waals surface area contributed by atoms with Crippen LogP contribution in [0.5, 0.6) is 0 Å². The Labute approximate surface area is 167 Å². The highest BCUT2D eigenvalue weighted by molar-refractivity contribution is 6.33. The van der Waals surface area contributed by atoms with Crippen LogP contribution in [0.2, 0.25) is 5.02 Å². The number of nitrogens with zero attached hydrogens (tertiary/aromatic N) is 6. The Morgan fingerprint density at radius 1 is 1.07 bits per heavy atom.